The Kier molecular flexibility index (Phi) is 3.20. The molecular weight excluding hydrogens is 336 g/mol. The van der Waals surface area contributed by atoms with E-state index >= 15 is 0 Å². The van der Waals surface area contributed by atoms with Crippen LogP contribution in [0.5, 0.6) is 0 Å². The van der Waals surface area contributed by atoms with Gasteiger partial charge in [-0.05, 0) is 46.6 Å². The van der Waals surface area contributed by atoms with Gasteiger partial charge in [0.15, 0.2) is 0 Å². The molecule has 1 aromatic carbocycles. The number of aryl methyl sites for hydroxylation is 1. The van der Waals surface area contributed by atoms with Crippen molar-refractivity contribution in [2.75, 3.05) is 0 Å². The van der Waals surface area contributed by atoms with Crippen molar-refractivity contribution in [3.8, 4) is 6.07 Å². The number of H-pyrrole nitrogens is 1. The van der Waals surface area contributed by atoms with Gasteiger partial charge in [-0.2, -0.15) is 5.26 Å². The van der Waals surface area contributed by atoms with Crippen LogP contribution in [0.3, 0.4) is 0 Å². The van der Waals surface area contributed by atoms with Crippen molar-refractivity contribution < 1.29 is 4.79 Å². The van der Waals surface area contributed by atoms with Crippen LogP contribution in [0.4, 0.5) is 0 Å². The van der Waals surface area contributed by atoms with Gasteiger partial charge in [0.25, 0.3) is 0 Å². The number of aromatic nitrogens is 1. The number of nitriles is 1. The van der Waals surface area contributed by atoms with Crippen LogP contribution < -0.4 is 0 Å². The van der Waals surface area contributed by atoms with Gasteiger partial charge in [0, 0.05) is 22.7 Å². The molecule has 1 N–H and O–H groups in total. The summed E-state index contributed by atoms with van der Waals surface area (Å²) in [6.07, 6.45) is 1.71. The lowest BCUT2D eigenvalue weighted by Gasteiger charge is -1.96. The van der Waals surface area contributed by atoms with Crippen molar-refractivity contribution in [3.63, 3.8) is 0 Å². The Bertz CT molecular complexity index is 850. The van der Waals surface area contributed by atoms with Gasteiger partial charge in [-0.25, -0.2) is 0 Å². The molecule has 0 aliphatic heterocycles. The molecule has 0 radical (unpaired) electrons. The number of thiophene rings is 1. The molecule has 3 nitrogen and oxygen atoms in total. The minimum absolute atomic E-state index is 0.000224. The third-order valence-corrected chi connectivity index (χ3v) is 5.27. The zero-order valence-corrected chi connectivity index (χ0v) is 12.9. The van der Waals surface area contributed by atoms with Crippen molar-refractivity contribution in [2.24, 2.45) is 0 Å². The van der Waals surface area contributed by atoms with Gasteiger partial charge in [0.1, 0.15) is 0 Å². The van der Waals surface area contributed by atoms with E-state index < -0.39 is 0 Å². The summed E-state index contributed by atoms with van der Waals surface area (Å²) in [6, 6.07) is 9.27. The van der Waals surface area contributed by atoms with Crippen LogP contribution in [0, 0.1) is 18.3 Å². The van der Waals surface area contributed by atoms with E-state index in [1.54, 1.807) is 18.3 Å². The fraction of sp³-hybridized carbons (Fsp3) is 0.0667. The lowest BCUT2D eigenvalue weighted by Crippen LogP contribution is -1.96. The SMILES string of the molecule is Cc1cc(C(=O)c2c[nH]c3cc(C#N)ccc23)sc1Br. The van der Waals surface area contributed by atoms with E-state index in [-0.39, 0.29) is 5.78 Å². The first-order valence-electron chi connectivity index (χ1n) is 5.92. The average molecular weight is 345 g/mol. The molecule has 0 atom stereocenters. The quantitative estimate of drug-likeness (QED) is 0.700. The third kappa shape index (κ3) is 2.07. The number of hydrogen-bond donors (Lipinski definition) is 1. The zero-order valence-electron chi connectivity index (χ0n) is 10.5. The van der Waals surface area contributed by atoms with Crippen LogP contribution in [0.15, 0.2) is 34.2 Å². The number of hydrogen-bond acceptors (Lipinski definition) is 3. The Labute approximate surface area is 128 Å². The first kappa shape index (κ1) is 13.1. The van der Waals surface area contributed by atoms with Gasteiger partial charge in [-0.3, -0.25) is 4.79 Å². The fourth-order valence-corrected chi connectivity index (χ4v) is 3.58. The number of benzene rings is 1. The molecule has 0 unspecified atom stereocenters. The maximum Gasteiger partial charge on any atom is 0.205 e. The van der Waals surface area contributed by atoms with E-state index in [4.69, 9.17) is 5.26 Å². The molecule has 0 saturated heterocycles. The molecule has 0 bridgehead atoms. The first-order chi connectivity index (χ1) is 9.60. The molecular formula is C15H9BrN2OS. The molecule has 3 aromatic rings. The summed E-state index contributed by atoms with van der Waals surface area (Å²) in [4.78, 5) is 16.3. The summed E-state index contributed by atoms with van der Waals surface area (Å²) < 4.78 is 0.979. The predicted molar refractivity (Wildman–Crippen MR) is 83.2 cm³/mol. The van der Waals surface area contributed by atoms with Gasteiger partial charge in [0.05, 0.1) is 20.3 Å². The van der Waals surface area contributed by atoms with E-state index in [0.29, 0.717) is 16.0 Å². The highest BCUT2D eigenvalue weighted by Crippen LogP contribution is 2.30. The van der Waals surface area contributed by atoms with E-state index in [2.05, 4.69) is 27.0 Å². The van der Waals surface area contributed by atoms with E-state index in [1.807, 2.05) is 19.1 Å². The third-order valence-electron chi connectivity index (χ3n) is 3.14. The molecule has 2 aromatic heterocycles. The maximum atomic E-state index is 12.5. The number of rotatable bonds is 2. The minimum Gasteiger partial charge on any atom is -0.360 e. The molecule has 0 aliphatic carbocycles. The number of nitrogens with one attached hydrogen (secondary N) is 1. The van der Waals surface area contributed by atoms with Crippen molar-refractivity contribution in [1.82, 2.24) is 4.98 Å². The molecule has 0 saturated carbocycles. The van der Waals surface area contributed by atoms with Crippen LogP contribution in [-0.4, -0.2) is 10.8 Å². The van der Waals surface area contributed by atoms with Crippen molar-refractivity contribution in [3.05, 3.63) is 55.8 Å². The Morgan fingerprint density at radius 2 is 2.20 bits per heavy atom. The van der Waals surface area contributed by atoms with E-state index in [9.17, 15) is 4.79 Å². The van der Waals surface area contributed by atoms with E-state index in [0.717, 1.165) is 20.3 Å². The Hall–Kier alpha value is -1.90. The Morgan fingerprint density at radius 3 is 2.85 bits per heavy atom. The molecule has 98 valence electrons. The highest BCUT2D eigenvalue weighted by molar-refractivity contribution is 9.11. The first-order valence-corrected chi connectivity index (χ1v) is 7.53. The second kappa shape index (κ2) is 4.89. The summed E-state index contributed by atoms with van der Waals surface area (Å²) in [5, 5.41) is 9.73. The number of halogens is 1. The Balaban J connectivity index is 2.10. The van der Waals surface area contributed by atoms with Crippen molar-refractivity contribution in [1.29, 1.82) is 5.26 Å². The second-order valence-corrected chi connectivity index (χ2v) is 6.84. The second-order valence-electron chi connectivity index (χ2n) is 4.47. The van der Waals surface area contributed by atoms with Crippen molar-refractivity contribution in [2.45, 2.75) is 6.92 Å². The maximum absolute atomic E-state index is 12.5. The van der Waals surface area contributed by atoms with Crippen LogP contribution in [0.1, 0.15) is 26.4 Å². The summed E-state index contributed by atoms with van der Waals surface area (Å²) in [7, 11) is 0. The van der Waals surface area contributed by atoms with Crippen LogP contribution in [0.25, 0.3) is 10.9 Å². The van der Waals surface area contributed by atoms with Crippen LogP contribution in [0.2, 0.25) is 0 Å². The monoisotopic (exact) mass is 344 g/mol. The molecule has 5 heteroatoms. The molecule has 0 aliphatic rings. The molecule has 20 heavy (non-hydrogen) atoms. The minimum atomic E-state index is -0.000224. The number of carbonyl (C=O) groups is 1. The topological polar surface area (TPSA) is 56.6 Å². The highest BCUT2D eigenvalue weighted by atomic mass is 79.9. The molecule has 2 heterocycles. The standard InChI is InChI=1S/C15H9BrN2OS/c1-8-4-13(20-15(8)16)14(19)11-7-18-12-5-9(6-17)2-3-10(11)12/h2-5,7,18H,1H3. The number of nitrogens with zero attached hydrogens (tertiary/aromatic N) is 1. The molecule has 0 fully saturated rings. The number of aromatic amines is 1. The summed E-state index contributed by atoms with van der Waals surface area (Å²) in [6.45, 7) is 1.96. The smallest absolute Gasteiger partial charge is 0.205 e. The average Bonchev–Trinajstić information content (AvgIpc) is 3.01. The van der Waals surface area contributed by atoms with Gasteiger partial charge in [0.2, 0.25) is 5.78 Å². The predicted octanol–water partition coefficient (Wildman–Crippen LogP) is 4.40. The van der Waals surface area contributed by atoms with Crippen LogP contribution in [-0.2, 0) is 0 Å². The van der Waals surface area contributed by atoms with Gasteiger partial charge < -0.3 is 4.98 Å². The van der Waals surface area contributed by atoms with E-state index in [1.165, 1.54) is 11.3 Å². The zero-order chi connectivity index (χ0) is 14.3. The van der Waals surface area contributed by atoms with Gasteiger partial charge in [-0.15, -0.1) is 11.3 Å². The summed E-state index contributed by atoms with van der Waals surface area (Å²) >= 11 is 4.88. The Morgan fingerprint density at radius 1 is 1.40 bits per heavy atom. The largest absolute Gasteiger partial charge is 0.360 e. The van der Waals surface area contributed by atoms with Gasteiger partial charge in [-0.1, -0.05) is 6.07 Å². The lowest BCUT2D eigenvalue weighted by molar-refractivity contribution is 0.104. The summed E-state index contributed by atoms with van der Waals surface area (Å²) in [5.41, 5.74) is 3.08. The van der Waals surface area contributed by atoms with Crippen LogP contribution >= 0.6 is 27.3 Å². The number of carbonyl (C=O) groups excluding carboxylic acids is 1. The van der Waals surface area contributed by atoms with Crippen molar-refractivity contribution >= 4 is 44.0 Å². The number of ketones is 1. The fourth-order valence-electron chi connectivity index (χ4n) is 2.09. The number of fused-ring (bicyclic) bond motifs is 1. The molecule has 3 rings (SSSR count). The highest BCUT2D eigenvalue weighted by Gasteiger charge is 2.17. The normalized spacial score (nSPS) is 10.7. The molecule has 0 spiro atoms. The summed E-state index contributed by atoms with van der Waals surface area (Å²) in [5.74, 6) is -0.000224. The molecule has 0 amide bonds. The lowest BCUT2D eigenvalue weighted by atomic mass is 10.1. The van der Waals surface area contributed by atoms with Gasteiger partial charge >= 0.3 is 0 Å².